The van der Waals surface area contributed by atoms with Crippen LogP contribution in [0.15, 0.2) is 0 Å². The van der Waals surface area contributed by atoms with Crippen molar-refractivity contribution >= 4 is 137 Å². The van der Waals surface area contributed by atoms with Crippen LogP contribution in [0.4, 0.5) is 0 Å². The molecule has 0 aromatic rings. The Morgan fingerprint density at radius 3 is 0.385 bits per heavy atom. The van der Waals surface area contributed by atoms with Crippen LogP contribution in [0.1, 0.15) is 0 Å². The molecular formula is HCl9GeSi3. The Hall–Kier alpha value is 3.80. The van der Waals surface area contributed by atoms with Crippen molar-refractivity contribution in [1.29, 1.82) is 0 Å². The molecule has 80 valence electrons. The van der Waals surface area contributed by atoms with E-state index in [-0.39, 0.29) is 17.6 Å². The maximum absolute atomic E-state index is 4.91. The van der Waals surface area contributed by atoms with Gasteiger partial charge in [0.05, 0.1) is 0 Å². The van der Waals surface area contributed by atoms with E-state index in [4.69, 9.17) is 99.7 Å². The Morgan fingerprint density at radius 2 is 0.385 bits per heavy atom. The summed E-state index contributed by atoms with van der Waals surface area (Å²) in [5, 5.41) is 0. The zero-order chi connectivity index (χ0) is 10.7. The first-order chi connectivity index (χ1) is 5.20. The molecule has 0 aliphatic rings. The predicted octanol–water partition coefficient (Wildman–Crippen LogP) is 4.41. The van der Waals surface area contributed by atoms with E-state index in [0.717, 1.165) is 0 Å². The quantitative estimate of drug-likeness (QED) is 0.359. The van der Waals surface area contributed by atoms with Crippen LogP contribution in [-0.4, -0.2) is 37.8 Å². The van der Waals surface area contributed by atoms with Crippen LogP contribution in [0.25, 0.3) is 0 Å². The molecular weight excluding hydrogens is 476 g/mol. The molecule has 0 amide bonds. The van der Waals surface area contributed by atoms with Crippen LogP contribution in [-0.2, 0) is 0 Å². The predicted molar refractivity (Wildman–Crippen MR) is 77.1 cm³/mol. The van der Waals surface area contributed by atoms with Crippen molar-refractivity contribution in [2.75, 3.05) is 0 Å². The summed E-state index contributed by atoms with van der Waals surface area (Å²) in [7, 11) is 0. The van der Waals surface area contributed by atoms with E-state index in [9.17, 15) is 0 Å². The van der Waals surface area contributed by atoms with Crippen molar-refractivity contribution in [2.24, 2.45) is 0 Å². The van der Waals surface area contributed by atoms with E-state index in [0.29, 0.717) is 0 Å². The molecule has 0 aromatic carbocycles. The van der Waals surface area contributed by atoms with Crippen LogP contribution in [0.3, 0.4) is 0 Å². The summed E-state index contributed by atoms with van der Waals surface area (Å²) in [6.07, 6.45) is 0. The van der Waals surface area contributed by atoms with Gasteiger partial charge in [-0.3, -0.25) is 0 Å². The van der Waals surface area contributed by atoms with E-state index in [1.807, 2.05) is 0 Å². The molecule has 0 aliphatic heterocycles. The Bertz CT molecular complexity index is 43.4. The molecule has 0 nitrogen and oxygen atoms in total. The monoisotopic (exact) mass is 474 g/mol. The van der Waals surface area contributed by atoms with Crippen LogP contribution in [0.2, 0.25) is 0 Å². The van der Waals surface area contributed by atoms with Gasteiger partial charge in [-0.2, -0.15) is 0 Å². The average Bonchev–Trinajstić information content (AvgIpc) is 1.54. The molecule has 0 heterocycles. The Kier molecular flexibility index (Phi) is 41.6. The first-order valence-electron chi connectivity index (χ1n) is 1.70. The Morgan fingerprint density at radius 1 is 0.385 bits per heavy atom. The summed E-state index contributed by atoms with van der Waals surface area (Å²) in [6, 6.07) is 0. The molecule has 0 N–H and O–H groups in total. The summed E-state index contributed by atoms with van der Waals surface area (Å²) >= 11 is 44.2. The maximum atomic E-state index is 4.91. The first-order valence-corrected chi connectivity index (χ1v) is 15.3. The zero-order valence-electron chi connectivity index (χ0n) is 5.48. The van der Waals surface area contributed by atoms with E-state index in [1.165, 1.54) is 0 Å². The molecule has 0 unspecified atom stereocenters. The van der Waals surface area contributed by atoms with E-state index < -0.39 is 20.2 Å². The van der Waals surface area contributed by atoms with E-state index in [1.54, 1.807) is 0 Å². The third-order valence-electron chi connectivity index (χ3n) is 0. The fourth-order valence-electron chi connectivity index (χ4n) is 0. The topological polar surface area (TPSA) is 0 Å². The molecule has 0 bridgehead atoms. The number of hydrogen-bond donors (Lipinski definition) is 0. The number of halogens is 9. The van der Waals surface area contributed by atoms with Crippen LogP contribution < -0.4 is 0 Å². The van der Waals surface area contributed by atoms with Crippen LogP contribution in [0.5, 0.6) is 0 Å². The summed E-state index contributed by atoms with van der Waals surface area (Å²) < 4.78 is 0. The fraction of sp³-hybridized carbons (Fsp3) is 0. The summed E-state index contributed by atoms with van der Waals surface area (Å²) in [5.41, 5.74) is 0. The molecule has 13 heteroatoms. The van der Waals surface area contributed by atoms with Gasteiger partial charge in [-0.15, -0.1) is 99.7 Å². The molecule has 0 aliphatic carbocycles. The fourth-order valence-corrected chi connectivity index (χ4v) is 0. The summed E-state index contributed by atoms with van der Waals surface area (Å²) in [5.74, 6) is 0. The van der Waals surface area contributed by atoms with Gasteiger partial charge in [-0.25, -0.2) is 0 Å². The van der Waals surface area contributed by atoms with Crippen molar-refractivity contribution in [3.05, 3.63) is 0 Å². The average molecular weight is 477 g/mol. The standard InChI is InChI=1S/3Cl3Si.GeH/c3*1-4(2)3;/h;;;1H. The first kappa shape index (κ1) is 25.6. The minimum atomic E-state index is -1.46. The third kappa shape index (κ3) is 208. The van der Waals surface area contributed by atoms with Gasteiger partial charge in [0.2, 0.25) is 0 Å². The van der Waals surface area contributed by atoms with Crippen molar-refractivity contribution < 1.29 is 0 Å². The van der Waals surface area contributed by atoms with Crippen molar-refractivity contribution in [2.45, 2.75) is 0 Å². The Balaban J connectivity index is -0.0000000450. The zero-order valence-corrected chi connectivity index (χ0v) is 17.7. The molecule has 0 atom stereocenters. The second-order valence-corrected chi connectivity index (χ2v) is 17.4. The third-order valence-corrected chi connectivity index (χ3v) is 0. The summed E-state index contributed by atoms with van der Waals surface area (Å²) in [6.45, 7) is -4.39. The Labute approximate surface area is 135 Å². The van der Waals surface area contributed by atoms with Gasteiger partial charge < -0.3 is 0 Å². The molecule has 0 saturated heterocycles. The van der Waals surface area contributed by atoms with Gasteiger partial charge in [-0.1, -0.05) is 0 Å². The minimum absolute atomic E-state index is 0. The van der Waals surface area contributed by atoms with Crippen molar-refractivity contribution in [1.82, 2.24) is 0 Å². The molecule has 13 heavy (non-hydrogen) atoms. The van der Waals surface area contributed by atoms with Gasteiger partial charge in [-0.05, 0) is 0 Å². The van der Waals surface area contributed by atoms with Gasteiger partial charge in [0.1, 0.15) is 0 Å². The van der Waals surface area contributed by atoms with Gasteiger partial charge in [0.25, 0.3) is 0 Å². The number of hydrogen-bond acceptors (Lipinski definition) is 0. The van der Waals surface area contributed by atoms with Gasteiger partial charge >= 0.3 is 37.8 Å². The second-order valence-electron chi connectivity index (χ2n) is 0.643. The molecule has 0 aromatic heterocycles. The SMILES string of the molecule is Cl[Si](Cl)Cl.Cl[Si](Cl)Cl.Cl[Si](Cl)Cl.[GeH]. The van der Waals surface area contributed by atoms with Crippen LogP contribution >= 0.6 is 99.7 Å². The number of rotatable bonds is 0. The molecule has 0 fully saturated rings. The normalized spacial score (nSPS) is 8.31. The molecule has 0 rings (SSSR count). The van der Waals surface area contributed by atoms with E-state index in [2.05, 4.69) is 0 Å². The molecule has 6 radical (unpaired) electrons. The summed E-state index contributed by atoms with van der Waals surface area (Å²) in [4.78, 5) is 0. The van der Waals surface area contributed by atoms with Gasteiger partial charge in [0.15, 0.2) is 0 Å². The second kappa shape index (κ2) is 21.1. The van der Waals surface area contributed by atoms with E-state index >= 15 is 0 Å². The van der Waals surface area contributed by atoms with Crippen molar-refractivity contribution in [3.63, 3.8) is 0 Å². The van der Waals surface area contributed by atoms with Gasteiger partial charge in [0, 0.05) is 0 Å². The van der Waals surface area contributed by atoms with Crippen molar-refractivity contribution in [3.8, 4) is 0 Å². The van der Waals surface area contributed by atoms with Crippen LogP contribution in [0, 0.1) is 0 Å². The molecule has 0 spiro atoms. The molecule has 0 saturated carbocycles.